The minimum atomic E-state index is 0.255. The Bertz CT molecular complexity index is 369. The van der Waals surface area contributed by atoms with E-state index in [1.165, 1.54) is 5.56 Å². The number of halogens is 1. The minimum absolute atomic E-state index is 0.255. The summed E-state index contributed by atoms with van der Waals surface area (Å²) in [7, 11) is 0. The van der Waals surface area contributed by atoms with Gasteiger partial charge in [-0.25, -0.2) is 0 Å². The Morgan fingerprint density at radius 2 is 2.00 bits per heavy atom. The van der Waals surface area contributed by atoms with Crippen molar-refractivity contribution in [3.8, 4) is 0 Å². The molecule has 2 unspecified atom stereocenters. The number of benzene rings is 1. The molecule has 16 heavy (non-hydrogen) atoms. The number of carbonyl (C=O) groups is 1. The minimum Gasteiger partial charge on any atom is -0.299 e. The summed E-state index contributed by atoms with van der Waals surface area (Å²) >= 11 is 3.43. The molecule has 1 aliphatic carbocycles. The standard InChI is InChI=1S/C14H17BrO/c1-10-2-7-14(16)12(8-10)9-11-3-5-13(15)6-4-11/h3-6,10,12H,2,7-9H2,1H3. The van der Waals surface area contributed by atoms with Crippen molar-refractivity contribution in [1.29, 1.82) is 0 Å². The Labute approximate surface area is 105 Å². The van der Waals surface area contributed by atoms with E-state index in [9.17, 15) is 4.79 Å². The third-order valence-corrected chi connectivity index (χ3v) is 3.95. The normalized spacial score (nSPS) is 25.8. The van der Waals surface area contributed by atoms with E-state index in [-0.39, 0.29) is 5.92 Å². The van der Waals surface area contributed by atoms with Gasteiger partial charge < -0.3 is 0 Å². The van der Waals surface area contributed by atoms with Crippen molar-refractivity contribution in [2.45, 2.75) is 32.6 Å². The summed E-state index contributed by atoms with van der Waals surface area (Å²) in [6.45, 7) is 2.25. The first kappa shape index (κ1) is 11.8. The zero-order chi connectivity index (χ0) is 11.5. The van der Waals surface area contributed by atoms with Crippen LogP contribution in [0.15, 0.2) is 28.7 Å². The quantitative estimate of drug-likeness (QED) is 0.801. The Balaban J connectivity index is 2.02. The molecule has 0 amide bonds. The predicted octanol–water partition coefficient (Wildman–Crippen LogP) is 4.00. The van der Waals surface area contributed by atoms with Crippen LogP contribution >= 0.6 is 15.9 Å². The average molecular weight is 281 g/mol. The van der Waals surface area contributed by atoms with Crippen LogP contribution in [0.3, 0.4) is 0 Å². The highest BCUT2D eigenvalue weighted by atomic mass is 79.9. The lowest BCUT2D eigenvalue weighted by Crippen LogP contribution is -2.25. The molecule has 0 spiro atoms. The Morgan fingerprint density at radius 1 is 1.31 bits per heavy atom. The molecule has 1 aromatic carbocycles. The van der Waals surface area contributed by atoms with Gasteiger partial charge in [-0.3, -0.25) is 4.79 Å². The highest BCUT2D eigenvalue weighted by Crippen LogP contribution is 2.28. The van der Waals surface area contributed by atoms with Crippen LogP contribution in [0, 0.1) is 11.8 Å². The van der Waals surface area contributed by atoms with Gasteiger partial charge in [0.05, 0.1) is 0 Å². The van der Waals surface area contributed by atoms with Gasteiger partial charge in [-0.15, -0.1) is 0 Å². The van der Waals surface area contributed by atoms with Crippen LogP contribution in [0.4, 0.5) is 0 Å². The van der Waals surface area contributed by atoms with E-state index in [0.29, 0.717) is 11.7 Å². The summed E-state index contributed by atoms with van der Waals surface area (Å²) in [5, 5.41) is 0. The van der Waals surface area contributed by atoms with Gasteiger partial charge >= 0.3 is 0 Å². The Morgan fingerprint density at radius 3 is 2.69 bits per heavy atom. The van der Waals surface area contributed by atoms with Gasteiger partial charge in [-0.2, -0.15) is 0 Å². The summed E-state index contributed by atoms with van der Waals surface area (Å²) in [6, 6.07) is 8.31. The summed E-state index contributed by atoms with van der Waals surface area (Å²) in [5.74, 6) is 1.42. The summed E-state index contributed by atoms with van der Waals surface area (Å²) in [5.41, 5.74) is 1.27. The van der Waals surface area contributed by atoms with Gasteiger partial charge in [0, 0.05) is 16.8 Å². The molecule has 2 heteroatoms. The Hall–Kier alpha value is -0.630. The second-order valence-electron chi connectivity index (χ2n) is 4.87. The number of Topliss-reactive ketones (excluding diaryl/α,β-unsaturated/α-hetero) is 1. The van der Waals surface area contributed by atoms with Crippen LogP contribution < -0.4 is 0 Å². The fraction of sp³-hybridized carbons (Fsp3) is 0.500. The molecule has 1 aromatic rings. The smallest absolute Gasteiger partial charge is 0.136 e. The SMILES string of the molecule is CC1CCC(=O)C(Cc2ccc(Br)cc2)C1. The van der Waals surface area contributed by atoms with Crippen molar-refractivity contribution in [2.24, 2.45) is 11.8 Å². The monoisotopic (exact) mass is 280 g/mol. The summed E-state index contributed by atoms with van der Waals surface area (Å²) in [4.78, 5) is 11.8. The third kappa shape index (κ3) is 2.94. The lowest BCUT2D eigenvalue weighted by atomic mass is 9.78. The van der Waals surface area contributed by atoms with Crippen LogP contribution in [0.25, 0.3) is 0 Å². The van der Waals surface area contributed by atoms with E-state index in [1.54, 1.807) is 0 Å². The predicted molar refractivity (Wildman–Crippen MR) is 69.4 cm³/mol. The van der Waals surface area contributed by atoms with Crippen LogP contribution in [-0.4, -0.2) is 5.78 Å². The molecule has 2 atom stereocenters. The molecule has 0 bridgehead atoms. The first-order valence-corrected chi connectivity index (χ1v) is 6.71. The van der Waals surface area contributed by atoms with Gasteiger partial charge in [-0.05, 0) is 42.9 Å². The maximum atomic E-state index is 11.8. The molecule has 1 fully saturated rings. The van der Waals surface area contributed by atoms with Gasteiger partial charge in [-0.1, -0.05) is 35.0 Å². The van der Waals surface area contributed by atoms with Crippen molar-refractivity contribution < 1.29 is 4.79 Å². The molecular weight excluding hydrogens is 264 g/mol. The van der Waals surface area contributed by atoms with E-state index in [0.717, 1.165) is 30.2 Å². The lowest BCUT2D eigenvalue weighted by Gasteiger charge is -2.25. The highest BCUT2D eigenvalue weighted by molar-refractivity contribution is 9.10. The van der Waals surface area contributed by atoms with Gasteiger partial charge in [0.25, 0.3) is 0 Å². The molecule has 2 rings (SSSR count). The van der Waals surface area contributed by atoms with Crippen LogP contribution in [0.2, 0.25) is 0 Å². The van der Waals surface area contributed by atoms with Crippen molar-refractivity contribution in [2.75, 3.05) is 0 Å². The zero-order valence-corrected chi connectivity index (χ0v) is 11.2. The third-order valence-electron chi connectivity index (χ3n) is 3.42. The number of rotatable bonds is 2. The highest BCUT2D eigenvalue weighted by Gasteiger charge is 2.26. The second kappa shape index (κ2) is 5.13. The molecule has 0 saturated heterocycles. The van der Waals surface area contributed by atoms with Crippen molar-refractivity contribution >= 4 is 21.7 Å². The summed E-state index contributed by atoms with van der Waals surface area (Å²) < 4.78 is 1.10. The topological polar surface area (TPSA) is 17.1 Å². The maximum Gasteiger partial charge on any atom is 0.136 e. The molecule has 86 valence electrons. The molecule has 0 N–H and O–H groups in total. The largest absolute Gasteiger partial charge is 0.299 e. The van der Waals surface area contributed by atoms with E-state index in [4.69, 9.17) is 0 Å². The average Bonchev–Trinajstić information content (AvgIpc) is 2.27. The Kier molecular flexibility index (Phi) is 3.80. The van der Waals surface area contributed by atoms with Crippen LogP contribution in [0.5, 0.6) is 0 Å². The van der Waals surface area contributed by atoms with E-state index in [1.807, 2.05) is 12.1 Å². The van der Waals surface area contributed by atoms with Gasteiger partial charge in [0.1, 0.15) is 5.78 Å². The molecule has 0 heterocycles. The second-order valence-corrected chi connectivity index (χ2v) is 5.79. The molecule has 1 aliphatic rings. The lowest BCUT2D eigenvalue weighted by molar-refractivity contribution is -0.125. The van der Waals surface area contributed by atoms with E-state index in [2.05, 4.69) is 35.0 Å². The van der Waals surface area contributed by atoms with Crippen LogP contribution in [-0.2, 0) is 11.2 Å². The first-order valence-electron chi connectivity index (χ1n) is 5.92. The number of ketones is 1. The molecule has 0 radical (unpaired) electrons. The van der Waals surface area contributed by atoms with Crippen molar-refractivity contribution in [3.05, 3.63) is 34.3 Å². The fourth-order valence-corrected chi connectivity index (χ4v) is 2.69. The molecule has 0 aromatic heterocycles. The maximum absolute atomic E-state index is 11.8. The number of carbonyl (C=O) groups excluding carboxylic acids is 1. The number of hydrogen-bond acceptors (Lipinski definition) is 1. The van der Waals surface area contributed by atoms with Crippen molar-refractivity contribution in [3.63, 3.8) is 0 Å². The first-order chi connectivity index (χ1) is 7.65. The zero-order valence-electron chi connectivity index (χ0n) is 9.58. The molecule has 1 nitrogen and oxygen atoms in total. The van der Waals surface area contributed by atoms with E-state index >= 15 is 0 Å². The fourth-order valence-electron chi connectivity index (χ4n) is 2.43. The van der Waals surface area contributed by atoms with Crippen LogP contribution in [0.1, 0.15) is 31.7 Å². The van der Waals surface area contributed by atoms with Gasteiger partial charge in [0.2, 0.25) is 0 Å². The molecular formula is C14H17BrO. The summed E-state index contributed by atoms with van der Waals surface area (Å²) in [6.07, 6.45) is 3.84. The molecule has 1 saturated carbocycles. The van der Waals surface area contributed by atoms with E-state index < -0.39 is 0 Å². The number of hydrogen-bond donors (Lipinski definition) is 0. The van der Waals surface area contributed by atoms with Crippen molar-refractivity contribution in [1.82, 2.24) is 0 Å². The molecule has 0 aliphatic heterocycles. The van der Waals surface area contributed by atoms with Gasteiger partial charge in [0.15, 0.2) is 0 Å².